The highest BCUT2D eigenvalue weighted by atomic mass is 16.5. The molecular formula is C24H33N3O4. The topological polar surface area (TPSA) is 89.4 Å². The maximum Gasteiger partial charge on any atom is 0.313 e. The summed E-state index contributed by atoms with van der Waals surface area (Å²) in [7, 11) is 0. The monoisotopic (exact) mass is 427 g/mol. The second-order valence-electron chi connectivity index (χ2n) is 8.39. The summed E-state index contributed by atoms with van der Waals surface area (Å²) < 4.78 is 7.41. The number of hydrogen-bond donors (Lipinski definition) is 2. The molecule has 2 aromatic rings. The first kappa shape index (κ1) is 24.2. The lowest BCUT2D eigenvalue weighted by Crippen LogP contribution is -2.38. The second-order valence-corrected chi connectivity index (χ2v) is 8.39. The molecular weight excluding hydrogens is 394 g/mol. The first-order valence-corrected chi connectivity index (χ1v) is 10.7. The van der Waals surface area contributed by atoms with Gasteiger partial charge in [0.25, 0.3) is 5.56 Å². The van der Waals surface area contributed by atoms with Crippen LogP contribution in [-0.2, 0) is 16.1 Å². The lowest BCUT2D eigenvalue weighted by atomic mass is 9.96. The van der Waals surface area contributed by atoms with Crippen LogP contribution in [0.15, 0.2) is 47.4 Å². The molecule has 168 valence electrons. The van der Waals surface area contributed by atoms with Crippen LogP contribution >= 0.6 is 0 Å². The number of hydrogen-bond acceptors (Lipinski definition) is 4. The largest absolute Gasteiger partial charge is 0.493 e. The molecule has 0 unspecified atom stereocenters. The Morgan fingerprint density at radius 3 is 2.35 bits per heavy atom. The van der Waals surface area contributed by atoms with E-state index in [0.717, 1.165) is 5.56 Å². The van der Waals surface area contributed by atoms with E-state index in [4.69, 9.17) is 4.74 Å². The van der Waals surface area contributed by atoms with Crippen molar-refractivity contribution < 1.29 is 14.3 Å². The smallest absolute Gasteiger partial charge is 0.313 e. The van der Waals surface area contributed by atoms with Gasteiger partial charge in [0.1, 0.15) is 5.75 Å². The number of anilines is 1. The highest BCUT2D eigenvalue weighted by Gasteiger charge is 2.23. The number of carbonyl (C=O) groups is 2. The summed E-state index contributed by atoms with van der Waals surface area (Å²) in [5, 5.41) is 5.42. The Hall–Kier alpha value is -3.09. The predicted molar refractivity (Wildman–Crippen MR) is 122 cm³/mol. The molecule has 0 aliphatic rings. The second kappa shape index (κ2) is 11.3. The van der Waals surface area contributed by atoms with Gasteiger partial charge in [0.2, 0.25) is 0 Å². The van der Waals surface area contributed by atoms with Crippen LogP contribution in [0.3, 0.4) is 0 Å². The number of pyridine rings is 1. The Balaban J connectivity index is 2.18. The highest BCUT2D eigenvalue weighted by Crippen LogP contribution is 2.30. The van der Waals surface area contributed by atoms with E-state index in [1.165, 1.54) is 22.9 Å². The fourth-order valence-corrected chi connectivity index (χ4v) is 3.16. The minimum absolute atomic E-state index is 0.167. The maximum absolute atomic E-state index is 12.7. The zero-order valence-electron chi connectivity index (χ0n) is 19.0. The minimum atomic E-state index is -0.782. The molecule has 0 spiro atoms. The standard InChI is InChI=1S/C24H33N3O4/c1-6-27-14-18(11-12-22(27)28)25-23(29)24(30)26-20(13-16(2)3)19-9-7-8-10-21(19)31-15-17(4)5/h7-12,14,16-17,20H,6,13,15H2,1-5H3,(H,25,29)(H,26,30)/t20-/m1/s1. The molecule has 2 N–H and O–H groups in total. The van der Waals surface area contributed by atoms with E-state index in [1.807, 2.05) is 31.2 Å². The number of aromatic nitrogens is 1. The normalized spacial score (nSPS) is 12.0. The molecule has 7 heteroatoms. The summed E-state index contributed by atoms with van der Waals surface area (Å²) in [6, 6.07) is 10.1. The van der Waals surface area contributed by atoms with E-state index in [2.05, 4.69) is 38.3 Å². The molecule has 7 nitrogen and oxygen atoms in total. The predicted octanol–water partition coefficient (Wildman–Crippen LogP) is 3.75. The van der Waals surface area contributed by atoms with Gasteiger partial charge in [-0.1, -0.05) is 45.9 Å². The van der Waals surface area contributed by atoms with Gasteiger partial charge < -0.3 is 19.9 Å². The minimum Gasteiger partial charge on any atom is -0.493 e. The Bertz CT molecular complexity index is 950. The number of para-hydroxylation sites is 1. The Morgan fingerprint density at radius 1 is 1.00 bits per heavy atom. The average molecular weight is 428 g/mol. The third-order valence-electron chi connectivity index (χ3n) is 4.67. The number of nitrogens with one attached hydrogen (secondary N) is 2. The highest BCUT2D eigenvalue weighted by molar-refractivity contribution is 6.39. The van der Waals surface area contributed by atoms with Crippen molar-refractivity contribution in [3.8, 4) is 5.75 Å². The van der Waals surface area contributed by atoms with Gasteiger partial charge >= 0.3 is 11.8 Å². The summed E-state index contributed by atoms with van der Waals surface area (Å²) in [5.74, 6) is -0.158. The SMILES string of the molecule is CCn1cc(NC(=O)C(=O)N[C@H](CC(C)C)c2ccccc2OCC(C)C)ccc1=O. The number of amides is 2. The summed E-state index contributed by atoms with van der Waals surface area (Å²) in [4.78, 5) is 36.9. The summed E-state index contributed by atoms with van der Waals surface area (Å²) >= 11 is 0. The quantitative estimate of drug-likeness (QED) is 0.597. The third kappa shape index (κ3) is 7.27. The van der Waals surface area contributed by atoms with Gasteiger partial charge in [-0.15, -0.1) is 0 Å². The molecule has 31 heavy (non-hydrogen) atoms. The van der Waals surface area contributed by atoms with Crippen LogP contribution in [0.1, 0.15) is 52.6 Å². The van der Waals surface area contributed by atoms with E-state index in [-0.39, 0.29) is 11.6 Å². The molecule has 2 amide bonds. The van der Waals surface area contributed by atoms with E-state index >= 15 is 0 Å². The number of carbonyl (C=O) groups excluding carboxylic acids is 2. The van der Waals surface area contributed by atoms with Crippen LogP contribution in [0.25, 0.3) is 0 Å². The number of aryl methyl sites for hydroxylation is 1. The lowest BCUT2D eigenvalue weighted by molar-refractivity contribution is -0.136. The molecule has 0 saturated heterocycles. The fourth-order valence-electron chi connectivity index (χ4n) is 3.16. The maximum atomic E-state index is 12.7. The molecule has 0 aliphatic heterocycles. The van der Waals surface area contributed by atoms with Crippen molar-refractivity contribution >= 4 is 17.5 Å². The van der Waals surface area contributed by atoms with E-state index in [1.54, 1.807) is 0 Å². The van der Waals surface area contributed by atoms with E-state index < -0.39 is 11.8 Å². The number of benzene rings is 1. The molecule has 2 rings (SSSR count). The molecule has 1 heterocycles. The van der Waals surface area contributed by atoms with Gasteiger partial charge in [-0.3, -0.25) is 14.4 Å². The van der Waals surface area contributed by atoms with Crippen LogP contribution in [0.5, 0.6) is 5.75 Å². The third-order valence-corrected chi connectivity index (χ3v) is 4.67. The van der Waals surface area contributed by atoms with Gasteiger partial charge in [0, 0.05) is 24.4 Å². The van der Waals surface area contributed by atoms with Crippen molar-refractivity contribution in [2.75, 3.05) is 11.9 Å². The van der Waals surface area contributed by atoms with Gasteiger partial charge in [0.15, 0.2) is 0 Å². The molecule has 1 aromatic carbocycles. The molecule has 0 fully saturated rings. The number of ether oxygens (including phenoxy) is 1. The van der Waals surface area contributed by atoms with Crippen molar-refractivity contribution in [1.82, 2.24) is 9.88 Å². The Labute approximate surface area is 183 Å². The van der Waals surface area contributed by atoms with Crippen molar-refractivity contribution in [3.05, 3.63) is 58.5 Å². The van der Waals surface area contributed by atoms with Crippen LogP contribution in [0.4, 0.5) is 5.69 Å². The number of rotatable bonds is 9. The molecule has 1 atom stereocenters. The number of nitrogens with zero attached hydrogens (tertiary/aromatic N) is 1. The van der Waals surface area contributed by atoms with Crippen LogP contribution in [0, 0.1) is 11.8 Å². The molecule has 0 saturated carbocycles. The van der Waals surface area contributed by atoms with Crippen LogP contribution < -0.4 is 20.9 Å². The summed E-state index contributed by atoms with van der Waals surface area (Å²) in [6.07, 6.45) is 2.18. The van der Waals surface area contributed by atoms with Gasteiger partial charge in [-0.2, -0.15) is 0 Å². The first-order valence-electron chi connectivity index (χ1n) is 10.7. The van der Waals surface area contributed by atoms with Crippen LogP contribution in [0.2, 0.25) is 0 Å². The van der Waals surface area contributed by atoms with Crippen molar-refractivity contribution in [1.29, 1.82) is 0 Å². The molecule has 0 radical (unpaired) electrons. The lowest BCUT2D eigenvalue weighted by Gasteiger charge is -2.23. The van der Waals surface area contributed by atoms with Crippen molar-refractivity contribution in [2.45, 2.75) is 53.6 Å². The zero-order chi connectivity index (χ0) is 23.0. The van der Waals surface area contributed by atoms with E-state index in [9.17, 15) is 14.4 Å². The van der Waals surface area contributed by atoms with Gasteiger partial charge in [-0.05, 0) is 37.3 Å². The Morgan fingerprint density at radius 2 is 1.71 bits per heavy atom. The first-order chi connectivity index (χ1) is 14.7. The van der Waals surface area contributed by atoms with Crippen LogP contribution in [-0.4, -0.2) is 23.0 Å². The van der Waals surface area contributed by atoms with Gasteiger partial charge in [0.05, 0.1) is 18.3 Å². The Kier molecular flexibility index (Phi) is 8.85. The molecule has 1 aromatic heterocycles. The molecule has 0 bridgehead atoms. The zero-order valence-corrected chi connectivity index (χ0v) is 19.0. The summed E-state index contributed by atoms with van der Waals surface area (Å²) in [6.45, 7) is 11.1. The fraction of sp³-hybridized carbons (Fsp3) is 0.458. The van der Waals surface area contributed by atoms with Gasteiger partial charge in [-0.25, -0.2) is 0 Å². The molecule has 0 aliphatic carbocycles. The average Bonchev–Trinajstić information content (AvgIpc) is 2.72. The summed E-state index contributed by atoms with van der Waals surface area (Å²) in [5.41, 5.74) is 1.07. The van der Waals surface area contributed by atoms with Crippen molar-refractivity contribution in [3.63, 3.8) is 0 Å². The van der Waals surface area contributed by atoms with Crippen molar-refractivity contribution in [2.24, 2.45) is 11.8 Å². The van der Waals surface area contributed by atoms with E-state index in [0.29, 0.717) is 42.8 Å².